The van der Waals surface area contributed by atoms with E-state index in [-0.39, 0.29) is 10.8 Å². The van der Waals surface area contributed by atoms with Crippen molar-refractivity contribution in [1.82, 2.24) is 9.29 Å². The lowest BCUT2D eigenvalue weighted by Crippen LogP contribution is -2.38. The lowest BCUT2D eigenvalue weighted by atomic mass is 9.91. The Morgan fingerprint density at radius 2 is 1.71 bits per heavy atom. The molecule has 1 saturated heterocycles. The molecule has 1 aromatic heterocycles. The Morgan fingerprint density at radius 1 is 1.07 bits per heavy atom. The molecule has 5 rings (SSSR count). The van der Waals surface area contributed by atoms with Crippen molar-refractivity contribution in [3.05, 3.63) is 93.8 Å². The summed E-state index contributed by atoms with van der Waals surface area (Å²) in [6.45, 7) is 6.50. The number of hydrogen-bond donors (Lipinski definition) is 1. The normalized spacial score (nSPS) is 15.3. The van der Waals surface area contributed by atoms with Crippen LogP contribution in [0.15, 0.2) is 77.0 Å². The van der Waals surface area contributed by atoms with Gasteiger partial charge >= 0.3 is 0 Å². The molecule has 0 unspecified atom stereocenters. The maximum Gasteiger partial charge on any atom is 0.266 e. The van der Waals surface area contributed by atoms with Crippen molar-refractivity contribution in [2.45, 2.75) is 51.0 Å². The van der Waals surface area contributed by atoms with Gasteiger partial charge in [0.05, 0.1) is 10.6 Å². The topological polar surface area (TPSA) is 88.6 Å². The average molecular weight is 624 g/mol. The van der Waals surface area contributed by atoms with Gasteiger partial charge in [-0.3, -0.25) is 10.1 Å². The second-order valence-corrected chi connectivity index (χ2v) is 13.9. The highest BCUT2D eigenvalue weighted by molar-refractivity contribution is 7.89. The molecule has 1 fully saturated rings. The average Bonchev–Trinajstić information content (AvgIpc) is 3.45. The molecular weight excluding hydrogens is 590 g/mol. The fourth-order valence-electron chi connectivity index (χ4n) is 5.15. The van der Waals surface area contributed by atoms with Crippen LogP contribution in [-0.4, -0.2) is 42.8 Å². The molecule has 1 aliphatic rings. The van der Waals surface area contributed by atoms with Gasteiger partial charge in [-0.1, -0.05) is 54.1 Å². The molecule has 1 atom stereocenters. The molecule has 1 aliphatic heterocycles. The fourth-order valence-corrected chi connectivity index (χ4v) is 7.45. The van der Waals surface area contributed by atoms with Crippen LogP contribution in [0.5, 0.6) is 5.75 Å². The van der Waals surface area contributed by atoms with Crippen LogP contribution >= 0.6 is 22.9 Å². The lowest BCUT2D eigenvalue weighted by molar-refractivity contribution is -0.122. The number of thiazole rings is 1. The molecule has 1 amide bonds. The number of rotatable bonds is 9. The molecule has 0 aliphatic carbocycles. The first-order chi connectivity index (χ1) is 20.1. The van der Waals surface area contributed by atoms with Crippen LogP contribution in [0.3, 0.4) is 0 Å². The number of nitrogens with one attached hydrogen (secondary N) is 1. The minimum atomic E-state index is -3.57. The Kier molecular flexibility index (Phi) is 9.32. The van der Waals surface area contributed by atoms with Gasteiger partial charge in [0.15, 0.2) is 11.2 Å². The molecule has 3 aromatic carbocycles. The Hall–Kier alpha value is -3.24. The minimum Gasteiger partial charge on any atom is -0.481 e. The van der Waals surface area contributed by atoms with Crippen molar-refractivity contribution in [1.29, 1.82) is 0 Å². The third-order valence-corrected chi connectivity index (χ3v) is 10.8. The third kappa shape index (κ3) is 7.03. The van der Waals surface area contributed by atoms with Crippen LogP contribution in [0.2, 0.25) is 5.02 Å². The predicted octanol–water partition coefficient (Wildman–Crippen LogP) is 7.13. The van der Waals surface area contributed by atoms with Crippen molar-refractivity contribution >= 4 is 44.0 Å². The van der Waals surface area contributed by atoms with Crippen molar-refractivity contribution in [2.24, 2.45) is 5.92 Å². The molecule has 42 heavy (non-hydrogen) atoms. The van der Waals surface area contributed by atoms with Gasteiger partial charge in [-0.25, -0.2) is 13.4 Å². The number of anilines is 1. The highest BCUT2D eigenvalue weighted by Crippen LogP contribution is 2.30. The second kappa shape index (κ2) is 13.0. The highest BCUT2D eigenvalue weighted by Gasteiger charge is 2.29. The number of aryl methyl sites for hydroxylation is 2. The van der Waals surface area contributed by atoms with Crippen LogP contribution in [0.4, 0.5) is 5.13 Å². The van der Waals surface area contributed by atoms with Crippen molar-refractivity contribution in [3.63, 3.8) is 0 Å². The quantitative estimate of drug-likeness (QED) is 0.214. The van der Waals surface area contributed by atoms with Crippen LogP contribution in [0.1, 0.15) is 36.5 Å². The van der Waals surface area contributed by atoms with E-state index in [1.165, 1.54) is 16.9 Å². The number of carbonyl (C=O) groups excluding carboxylic acids is 1. The van der Waals surface area contributed by atoms with E-state index in [2.05, 4.69) is 22.4 Å². The third-order valence-electron chi connectivity index (χ3n) is 7.55. The summed E-state index contributed by atoms with van der Waals surface area (Å²) in [5.41, 5.74) is 4.48. The van der Waals surface area contributed by atoms with Gasteiger partial charge < -0.3 is 4.74 Å². The number of ether oxygens (including phenoxy) is 1. The number of halogens is 1. The van der Waals surface area contributed by atoms with Gasteiger partial charge in [-0.15, -0.1) is 11.3 Å². The maximum atomic E-state index is 13.3. The van der Waals surface area contributed by atoms with Crippen molar-refractivity contribution in [2.75, 3.05) is 18.4 Å². The summed E-state index contributed by atoms with van der Waals surface area (Å²) in [5, 5.41) is 5.75. The Bertz CT molecular complexity index is 1630. The fraction of sp³-hybridized carbons (Fsp3) is 0.312. The Balaban J connectivity index is 1.17. The van der Waals surface area contributed by atoms with E-state index in [9.17, 15) is 13.2 Å². The van der Waals surface area contributed by atoms with Crippen molar-refractivity contribution < 1.29 is 17.9 Å². The van der Waals surface area contributed by atoms with E-state index in [4.69, 9.17) is 16.3 Å². The summed E-state index contributed by atoms with van der Waals surface area (Å²) in [6, 6.07) is 20.7. The Morgan fingerprint density at radius 3 is 2.36 bits per heavy atom. The summed E-state index contributed by atoms with van der Waals surface area (Å²) < 4.78 is 34.1. The smallest absolute Gasteiger partial charge is 0.266 e. The largest absolute Gasteiger partial charge is 0.481 e. The van der Waals surface area contributed by atoms with Gasteiger partial charge in [0.1, 0.15) is 5.75 Å². The van der Waals surface area contributed by atoms with Gasteiger partial charge in [-0.2, -0.15) is 4.31 Å². The number of hydrogen-bond acceptors (Lipinski definition) is 6. The van der Waals surface area contributed by atoms with Gasteiger partial charge in [-0.05, 0) is 86.9 Å². The van der Waals surface area contributed by atoms with E-state index in [1.54, 1.807) is 47.6 Å². The van der Waals surface area contributed by atoms with Crippen LogP contribution in [-0.2, 0) is 21.2 Å². The van der Waals surface area contributed by atoms with E-state index in [1.807, 2.05) is 37.4 Å². The lowest BCUT2D eigenvalue weighted by Gasteiger charge is -2.31. The van der Waals surface area contributed by atoms with E-state index >= 15 is 0 Å². The number of benzene rings is 3. The molecule has 0 radical (unpaired) electrons. The maximum absolute atomic E-state index is 13.3. The van der Waals surface area contributed by atoms with E-state index in [0.717, 1.165) is 36.0 Å². The van der Waals surface area contributed by atoms with Crippen LogP contribution in [0, 0.1) is 19.8 Å². The number of carbonyl (C=O) groups is 1. The molecule has 1 N–H and O–H groups in total. The number of piperidine rings is 1. The zero-order chi connectivity index (χ0) is 29.9. The first kappa shape index (κ1) is 30.2. The Labute approximate surface area is 256 Å². The van der Waals surface area contributed by atoms with E-state index < -0.39 is 16.1 Å². The summed E-state index contributed by atoms with van der Waals surface area (Å²) in [6.07, 6.45) is 1.93. The summed E-state index contributed by atoms with van der Waals surface area (Å²) in [4.78, 5) is 17.6. The van der Waals surface area contributed by atoms with Crippen molar-refractivity contribution in [3.8, 4) is 17.0 Å². The second-order valence-electron chi connectivity index (χ2n) is 10.7. The minimum absolute atomic E-state index is 0.273. The monoisotopic (exact) mass is 623 g/mol. The summed E-state index contributed by atoms with van der Waals surface area (Å²) in [5.74, 6) is 0.736. The predicted molar refractivity (Wildman–Crippen MR) is 169 cm³/mol. The first-order valence-electron chi connectivity index (χ1n) is 13.9. The van der Waals surface area contributed by atoms with Crippen LogP contribution in [0.25, 0.3) is 11.3 Å². The zero-order valence-electron chi connectivity index (χ0n) is 23.8. The zero-order valence-corrected chi connectivity index (χ0v) is 26.2. The summed E-state index contributed by atoms with van der Waals surface area (Å²) in [7, 11) is -3.57. The molecule has 0 spiro atoms. The summed E-state index contributed by atoms with van der Waals surface area (Å²) >= 11 is 7.52. The molecule has 4 aromatic rings. The molecule has 0 bridgehead atoms. The molecule has 10 heteroatoms. The molecule has 2 heterocycles. The van der Waals surface area contributed by atoms with Gasteiger partial charge in [0, 0.05) is 29.1 Å². The van der Waals surface area contributed by atoms with E-state index in [0.29, 0.717) is 40.6 Å². The van der Waals surface area contributed by atoms with Gasteiger partial charge in [0.25, 0.3) is 5.91 Å². The highest BCUT2D eigenvalue weighted by atomic mass is 35.5. The molecular formula is C32H34ClN3O4S2. The standard InChI is InChI=1S/C32H34ClN3O4S2/c1-21-17-27(18-22(2)30(21)33)40-23(3)31(37)35-32-34-29(20-41-32)26-9-11-28(12-10-26)42(38,39)36-15-13-25(14-16-36)19-24-7-5-4-6-8-24/h4-12,17-18,20,23,25H,13-16,19H2,1-3H3,(H,34,35,37)/t23-/m1/s1. The first-order valence-corrected chi connectivity index (χ1v) is 16.6. The van der Waals surface area contributed by atoms with Gasteiger partial charge in [0.2, 0.25) is 10.0 Å². The number of amides is 1. The molecule has 7 nitrogen and oxygen atoms in total. The number of aromatic nitrogens is 1. The number of nitrogens with zero attached hydrogens (tertiary/aromatic N) is 2. The SMILES string of the molecule is Cc1cc(O[C@H](C)C(=O)Nc2nc(-c3ccc(S(=O)(=O)N4CCC(Cc5ccccc5)CC4)cc3)cs2)cc(C)c1Cl. The molecule has 0 saturated carbocycles. The molecule has 220 valence electrons. The number of sulfonamides is 1. The van der Waals surface area contributed by atoms with Crippen LogP contribution < -0.4 is 10.1 Å².